The fourth-order valence-electron chi connectivity index (χ4n) is 5.83. The van der Waals surface area contributed by atoms with Gasteiger partial charge in [-0.3, -0.25) is 0 Å². The number of fused-ring (bicyclic) bond motifs is 4. The molecule has 4 heterocycles. The van der Waals surface area contributed by atoms with E-state index < -0.39 is 0 Å². The first-order valence-electron chi connectivity index (χ1n) is 14.3. The Labute approximate surface area is 271 Å². The molecular weight excluding hydrogens is 719 g/mol. The van der Waals surface area contributed by atoms with E-state index in [-0.39, 0.29) is 26.8 Å². The van der Waals surface area contributed by atoms with Gasteiger partial charge in [0.15, 0.2) is 0 Å². The first-order valence-corrected chi connectivity index (χ1v) is 14.3. The summed E-state index contributed by atoms with van der Waals surface area (Å²) < 4.78 is 12.7. The molecule has 215 valence electrons. The Morgan fingerprint density at radius 1 is 0.636 bits per heavy atom. The van der Waals surface area contributed by atoms with Gasteiger partial charge < -0.3 is 19.1 Å². The maximum atomic E-state index is 6.37. The quantitative estimate of drug-likeness (QED) is 0.143. The summed E-state index contributed by atoms with van der Waals surface area (Å²) in [5.74, 6) is 1.39. The van der Waals surface area contributed by atoms with Crippen molar-refractivity contribution in [1.82, 2.24) is 9.97 Å². The van der Waals surface area contributed by atoms with E-state index in [2.05, 4.69) is 72.3 Å². The van der Waals surface area contributed by atoms with Crippen LogP contribution in [0, 0.1) is 26.0 Å². The largest absolute Gasteiger partial charge is 0.474 e. The van der Waals surface area contributed by atoms with E-state index in [1.54, 1.807) is 12.4 Å². The van der Waals surface area contributed by atoms with Crippen molar-refractivity contribution in [3.05, 3.63) is 151 Å². The number of hydrogen-bond donors (Lipinski definition) is 0. The molecular formula is C38H27BIrN2O2-2. The Balaban J connectivity index is 0.000000222. The van der Waals surface area contributed by atoms with Crippen LogP contribution in [0.15, 0.2) is 132 Å². The van der Waals surface area contributed by atoms with Crippen LogP contribution >= 0.6 is 0 Å². The summed E-state index contributed by atoms with van der Waals surface area (Å²) in [6, 6.07) is 44.7. The van der Waals surface area contributed by atoms with Crippen LogP contribution in [0.5, 0.6) is 11.7 Å². The zero-order valence-electron chi connectivity index (χ0n) is 24.2. The van der Waals surface area contributed by atoms with Crippen LogP contribution in [0.3, 0.4) is 0 Å². The fraction of sp³-hybridized carbons (Fsp3) is 0.0526. The standard InChI is InChI=1S/C27H19BNO2.C11H8N.Ir/c1-17-9-7-10-18(2)24(17)28-21-13-3-4-15-23(21)30-27-25(28)20-12-8-11-19(26(20)31-27)22-14-5-6-16-29-22;1-2-6-10(7-3-1)11-8-4-5-9-12-11;/h3-10,12-16H,1-2H3;1-6,8-9H;/q2*-1;. The molecule has 3 aromatic heterocycles. The SMILES string of the molecule is Cc1cccc(C)c1B1c2ccccc2Oc2oc3c(-c4ccccn4)[c-]ccc3c21.[Ir].[c-]1ccccc1-c1ccccn1. The molecule has 7 aromatic rings. The summed E-state index contributed by atoms with van der Waals surface area (Å²) in [6.45, 7) is 4.38. The molecule has 44 heavy (non-hydrogen) atoms. The third-order valence-electron chi connectivity index (χ3n) is 7.78. The van der Waals surface area contributed by atoms with Crippen LogP contribution < -0.4 is 21.1 Å². The third kappa shape index (κ3) is 5.51. The van der Waals surface area contributed by atoms with E-state index in [1.165, 1.54) is 16.6 Å². The van der Waals surface area contributed by atoms with E-state index in [0.717, 1.165) is 50.2 Å². The zero-order valence-corrected chi connectivity index (χ0v) is 26.6. The molecule has 0 saturated heterocycles. The molecule has 0 unspecified atom stereocenters. The number of benzene rings is 4. The maximum absolute atomic E-state index is 6.37. The van der Waals surface area contributed by atoms with Crippen molar-refractivity contribution in [2.75, 3.05) is 0 Å². The predicted octanol–water partition coefficient (Wildman–Crippen LogP) is 7.08. The second-order valence-corrected chi connectivity index (χ2v) is 10.5. The van der Waals surface area contributed by atoms with Gasteiger partial charge in [0, 0.05) is 38.0 Å². The van der Waals surface area contributed by atoms with E-state index in [1.807, 2.05) is 78.9 Å². The Morgan fingerprint density at radius 3 is 2.05 bits per heavy atom. The van der Waals surface area contributed by atoms with Crippen LogP contribution in [0.4, 0.5) is 0 Å². The van der Waals surface area contributed by atoms with E-state index >= 15 is 0 Å². The number of aryl methyl sites for hydroxylation is 2. The number of hydrogen-bond acceptors (Lipinski definition) is 4. The summed E-state index contributed by atoms with van der Waals surface area (Å²) in [4.78, 5) is 8.74. The number of rotatable bonds is 3. The minimum atomic E-state index is 0. The third-order valence-corrected chi connectivity index (χ3v) is 7.78. The molecule has 0 amide bonds. The normalized spacial score (nSPS) is 11.4. The molecule has 8 rings (SSSR count). The van der Waals surface area contributed by atoms with Crippen LogP contribution in [0.25, 0.3) is 33.5 Å². The van der Waals surface area contributed by atoms with Crippen molar-refractivity contribution < 1.29 is 29.3 Å². The van der Waals surface area contributed by atoms with Gasteiger partial charge in [-0.05, 0) is 48.9 Å². The molecule has 1 aliphatic rings. The molecule has 4 nitrogen and oxygen atoms in total. The van der Waals surface area contributed by atoms with Gasteiger partial charge in [-0.15, -0.1) is 54.1 Å². The van der Waals surface area contributed by atoms with Crippen molar-refractivity contribution >= 4 is 34.1 Å². The Hall–Kier alpha value is -4.77. The van der Waals surface area contributed by atoms with Gasteiger partial charge in [0.1, 0.15) is 5.75 Å². The summed E-state index contributed by atoms with van der Waals surface area (Å²) in [6.07, 6.45) is 3.58. The molecule has 0 spiro atoms. The Kier molecular flexibility index (Phi) is 8.56. The first kappa shape index (κ1) is 29.3. The topological polar surface area (TPSA) is 48.2 Å². The van der Waals surface area contributed by atoms with E-state index in [0.29, 0.717) is 5.95 Å². The smallest absolute Gasteiger partial charge is 0.274 e. The van der Waals surface area contributed by atoms with Crippen LogP contribution in [-0.4, -0.2) is 16.7 Å². The molecule has 0 aliphatic carbocycles. The molecule has 0 fully saturated rings. The van der Waals surface area contributed by atoms with Crippen molar-refractivity contribution in [2.45, 2.75) is 13.8 Å². The van der Waals surface area contributed by atoms with Crippen molar-refractivity contribution in [2.24, 2.45) is 0 Å². The average molecular weight is 747 g/mol. The molecule has 1 radical (unpaired) electrons. The number of nitrogens with zero attached hydrogens (tertiary/aromatic N) is 2. The molecule has 0 bridgehead atoms. The summed E-state index contributed by atoms with van der Waals surface area (Å²) in [7, 11) is 0. The Bertz CT molecular complexity index is 1970. The van der Waals surface area contributed by atoms with Crippen molar-refractivity contribution in [3.8, 4) is 34.2 Å². The van der Waals surface area contributed by atoms with Gasteiger partial charge in [-0.2, -0.15) is 0 Å². The van der Waals surface area contributed by atoms with Crippen molar-refractivity contribution in [3.63, 3.8) is 0 Å². The maximum Gasteiger partial charge on any atom is 0.274 e. The molecule has 6 heteroatoms. The van der Waals surface area contributed by atoms with Crippen LogP contribution in [0.2, 0.25) is 0 Å². The van der Waals surface area contributed by atoms with E-state index in [4.69, 9.17) is 9.15 Å². The van der Waals surface area contributed by atoms with Gasteiger partial charge in [-0.25, -0.2) is 0 Å². The molecule has 4 aromatic carbocycles. The first-order chi connectivity index (χ1) is 21.2. The molecule has 0 saturated carbocycles. The van der Waals surface area contributed by atoms with Crippen molar-refractivity contribution in [1.29, 1.82) is 0 Å². The van der Waals surface area contributed by atoms with Gasteiger partial charge in [0.05, 0.1) is 5.58 Å². The number of furan rings is 1. The average Bonchev–Trinajstić information content (AvgIpc) is 3.44. The number of ether oxygens (including phenoxy) is 1. The second kappa shape index (κ2) is 12.8. The summed E-state index contributed by atoms with van der Waals surface area (Å²) >= 11 is 0. The second-order valence-electron chi connectivity index (χ2n) is 10.5. The van der Waals surface area contributed by atoms with Gasteiger partial charge in [0.25, 0.3) is 12.7 Å². The number of pyridine rings is 2. The zero-order chi connectivity index (χ0) is 29.2. The molecule has 1 aliphatic heterocycles. The summed E-state index contributed by atoms with van der Waals surface area (Å²) in [5, 5.41) is 1.04. The fourth-order valence-corrected chi connectivity index (χ4v) is 5.83. The predicted molar refractivity (Wildman–Crippen MR) is 174 cm³/mol. The van der Waals surface area contributed by atoms with Gasteiger partial charge in [0.2, 0.25) is 0 Å². The Morgan fingerprint density at radius 2 is 1.34 bits per heavy atom. The van der Waals surface area contributed by atoms with Crippen LogP contribution in [-0.2, 0) is 20.1 Å². The minimum absolute atomic E-state index is 0. The number of para-hydroxylation sites is 1. The van der Waals surface area contributed by atoms with Gasteiger partial charge >= 0.3 is 0 Å². The molecule has 0 atom stereocenters. The van der Waals surface area contributed by atoms with Gasteiger partial charge in [-0.1, -0.05) is 88.2 Å². The monoisotopic (exact) mass is 747 g/mol. The minimum Gasteiger partial charge on any atom is -0.474 e. The van der Waals surface area contributed by atoms with Crippen LogP contribution in [0.1, 0.15) is 11.1 Å². The number of aromatic nitrogens is 2. The molecule has 0 N–H and O–H groups in total. The van der Waals surface area contributed by atoms with E-state index in [9.17, 15) is 0 Å². The summed E-state index contributed by atoms with van der Waals surface area (Å²) in [5.41, 5.74) is 10.5.